The van der Waals surface area contributed by atoms with Gasteiger partial charge in [0.2, 0.25) is 11.8 Å². The van der Waals surface area contributed by atoms with Gasteiger partial charge in [0.25, 0.3) is 0 Å². The molecule has 1 unspecified atom stereocenters. The molecule has 0 aliphatic carbocycles. The molecule has 33 heavy (non-hydrogen) atoms. The number of amides is 2. The second-order valence-corrected chi connectivity index (χ2v) is 8.27. The minimum absolute atomic E-state index is 0.0867. The van der Waals surface area contributed by atoms with E-state index in [1.165, 1.54) is 5.56 Å². The van der Waals surface area contributed by atoms with Crippen molar-refractivity contribution in [2.45, 2.75) is 26.3 Å². The molecule has 0 radical (unpaired) electrons. The number of nitrogens with zero attached hydrogens (tertiary/aromatic N) is 3. The van der Waals surface area contributed by atoms with Crippen LogP contribution < -0.4 is 19.7 Å². The van der Waals surface area contributed by atoms with Crippen molar-refractivity contribution < 1.29 is 19.1 Å². The quantitative estimate of drug-likeness (QED) is 0.628. The van der Waals surface area contributed by atoms with Crippen molar-refractivity contribution in [3.8, 4) is 11.5 Å². The SMILES string of the molecule is CCc1ccc(Cn2nccc2NC(=O)C2CC(=O)N(c3ccc4c(c3)OCCO4)C2)cc1. The van der Waals surface area contributed by atoms with Gasteiger partial charge in [0.1, 0.15) is 19.0 Å². The third-order valence-corrected chi connectivity index (χ3v) is 6.06. The Morgan fingerprint density at radius 1 is 1.06 bits per heavy atom. The minimum atomic E-state index is -0.446. The van der Waals surface area contributed by atoms with Crippen LogP contribution in [0.15, 0.2) is 54.7 Å². The summed E-state index contributed by atoms with van der Waals surface area (Å²) in [6.07, 6.45) is 2.82. The molecular formula is C25H26N4O4. The first-order valence-electron chi connectivity index (χ1n) is 11.2. The van der Waals surface area contributed by atoms with Gasteiger partial charge in [-0.2, -0.15) is 5.10 Å². The molecule has 3 heterocycles. The number of hydrogen-bond donors (Lipinski definition) is 1. The monoisotopic (exact) mass is 446 g/mol. The molecule has 0 spiro atoms. The third kappa shape index (κ3) is 4.41. The average Bonchev–Trinajstić information content (AvgIpc) is 3.45. The van der Waals surface area contributed by atoms with Crippen LogP contribution in [0.1, 0.15) is 24.5 Å². The number of nitrogens with one attached hydrogen (secondary N) is 1. The molecule has 0 bridgehead atoms. The molecule has 8 heteroatoms. The molecule has 2 aliphatic rings. The normalized spacial score (nSPS) is 17.3. The summed E-state index contributed by atoms with van der Waals surface area (Å²) in [4.78, 5) is 27.3. The van der Waals surface area contributed by atoms with E-state index >= 15 is 0 Å². The number of benzene rings is 2. The Morgan fingerprint density at radius 3 is 2.61 bits per heavy atom. The Labute approximate surface area is 192 Å². The van der Waals surface area contributed by atoms with Gasteiger partial charge in [-0.1, -0.05) is 31.2 Å². The van der Waals surface area contributed by atoms with Gasteiger partial charge in [0, 0.05) is 30.8 Å². The first-order valence-corrected chi connectivity index (χ1v) is 11.2. The van der Waals surface area contributed by atoms with E-state index in [0.29, 0.717) is 49.3 Å². The fourth-order valence-corrected chi connectivity index (χ4v) is 4.18. The van der Waals surface area contributed by atoms with Crippen LogP contribution in [0.5, 0.6) is 11.5 Å². The third-order valence-electron chi connectivity index (χ3n) is 6.06. The largest absolute Gasteiger partial charge is 0.486 e. The van der Waals surface area contributed by atoms with Gasteiger partial charge >= 0.3 is 0 Å². The van der Waals surface area contributed by atoms with Crippen LogP contribution in [0.4, 0.5) is 11.5 Å². The lowest BCUT2D eigenvalue weighted by Crippen LogP contribution is -2.29. The summed E-state index contributed by atoms with van der Waals surface area (Å²) in [6.45, 7) is 3.99. The van der Waals surface area contributed by atoms with E-state index in [4.69, 9.17) is 9.47 Å². The highest BCUT2D eigenvalue weighted by molar-refractivity contribution is 6.03. The molecule has 2 aliphatic heterocycles. The zero-order chi connectivity index (χ0) is 22.8. The number of aromatic nitrogens is 2. The van der Waals surface area contributed by atoms with Crippen LogP contribution in [-0.2, 0) is 22.6 Å². The second-order valence-electron chi connectivity index (χ2n) is 8.27. The summed E-state index contributed by atoms with van der Waals surface area (Å²) in [5.41, 5.74) is 3.09. The number of rotatable bonds is 6. The van der Waals surface area contributed by atoms with Crippen LogP contribution in [0.25, 0.3) is 0 Å². The highest BCUT2D eigenvalue weighted by atomic mass is 16.6. The molecule has 1 N–H and O–H groups in total. The van der Waals surface area contributed by atoms with Gasteiger partial charge in [-0.25, -0.2) is 4.68 Å². The molecule has 5 rings (SSSR count). The molecule has 1 atom stereocenters. The van der Waals surface area contributed by atoms with Crippen LogP contribution in [0.3, 0.4) is 0 Å². The molecule has 1 aromatic heterocycles. The van der Waals surface area contributed by atoms with E-state index < -0.39 is 5.92 Å². The van der Waals surface area contributed by atoms with E-state index in [0.717, 1.165) is 12.0 Å². The first kappa shape index (κ1) is 21.1. The van der Waals surface area contributed by atoms with Crippen LogP contribution in [-0.4, -0.2) is 41.4 Å². The van der Waals surface area contributed by atoms with Crippen molar-refractivity contribution in [3.05, 3.63) is 65.9 Å². The van der Waals surface area contributed by atoms with E-state index in [1.54, 1.807) is 34.0 Å². The van der Waals surface area contributed by atoms with E-state index in [-0.39, 0.29) is 18.2 Å². The lowest BCUT2D eigenvalue weighted by atomic mass is 10.1. The maximum Gasteiger partial charge on any atom is 0.230 e. The predicted octanol–water partition coefficient (Wildman–Crippen LogP) is 3.26. The Hall–Kier alpha value is -3.81. The Balaban J connectivity index is 1.25. The van der Waals surface area contributed by atoms with Gasteiger partial charge in [0.05, 0.1) is 18.7 Å². The molecule has 3 aromatic rings. The predicted molar refractivity (Wildman–Crippen MR) is 124 cm³/mol. The zero-order valence-corrected chi connectivity index (χ0v) is 18.5. The van der Waals surface area contributed by atoms with Crippen molar-refractivity contribution in [1.82, 2.24) is 9.78 Å². The van der Waals surface area contributed by atoms with E-state index in [9.17, 15) is 9.59 Å². The molecule has 1 saturated heterocycles. The number of fused-ring (bicyclic) bond motifs is 1. The topological polar surface area (TPSA) is 85.7 Å². The Morgan fingerprint density at radius 2 is 1.82 bits per heavy atom. The van der Waals surface area contributed by atoms with Gasteiger partial charge < -0.3 is 19.7 Å². The summed E-state index contributed by atoms with van der Waals surface area (Å²) in [5, 5.41) is 7.31. The number of ether oxygens (including phenoxy) is 2. The van der Waals surface area contributed by atoms with Crippen molar-refractivity contribution in [2.24, 2.45) is 5.92 Å². The summed E-state index contributed by atoms with van der Waals surface area (Å²) in [6, 6.07) is 15.6. The van der Waals surface area contributed by atoms with Crippen LogP contribution >= 0.6 is 0 Å². The number of hydrogen-bond acceptors (Lipinski definition) is 5. The smallest absolute Gasteiger partial charge is 0.230 e. The lowest BCUT2D eigenvalue weighted by Gasteiger charge is -2.22. The lowest BCUT2D eigenvalue weighted by molar-refractivity contribution is -0.122. The number of aryl methyl sites for hydroxylation is 1. The van der Waals surface area contributed by atoms with Crippen molar-refractivity contribution in [3.63, 3.8) is 0 Å². The molecule has 8 nitrogen and oxygen atoms in total. The number of carbonyl (C=O) groups is 2. The fraction of sp³-hybridized carbons (Fsp3) is 0.320. The van der Waals surface area contributed by atoms with Crippen LogP contribution in [0.2, 0.25) is 0 Å². The highest BCUT2D eigenvalue weighted by Gasteiger charge is 2.36. The molecule has 2 aromatic carbocycles. The van der Waals surface area contributed by atoms with E-state index in [2.05, 4.69) is 41.6 Å². The average molecular weight is 447 g/mol. The maximum atomic E-state index is 13.0. The van der Waals surface area contributed by atoms with Crippen molar-refractivity contribution >= 4 is 23.3 Å². The summed E-state index contributed by atoms with van der Waals surface area (Å²) in [7, 11) is 0. The Kier molecular flexibility index (Phi) is 5.73. The molecule has 170 valence electrons. The minimum Gasteiger partial charge on any atom is -0.486 e. The number of carbonyl (C=O) groups excluding carboxylic acids is 2. The van der Waals surface area contributed by atoms with E-state index in [1.807, 2.05) is 6.07 Å². The van der Waals surface area contributed by atoms with Crippen molar-refractivity contribution in [1.29, 1.82) is 0 Å². The fourth-order valence-electron chi connectivity index (χ4n) is 4.18. The van der Waals surface area contributed by atoms with Gasteiger partial charge in [-0.15, -0.1) is 0 Å². The van der Waals surface area contributed by atoms with Gasteiger partial charge in [0.15, 0.2) is 11.5 Å². The second kappa shape index (κ2) is 8.97. The van der Waals surface area contributed by atoms with Gasteiger partial charge in [-0.05, 0) is 29.7 Å². The highest BCUT2D eigenvalue weighted by Crippen LogP contribution is 2.36. The molecule has 0 saturated carbocycles. The standard InChI is InChI=1S/C25H26N4O4/c1-2-17-3-5-18(6-4-17)15-29-23(9-10-26-29)27-25(31)19-13-24(30)28(16-19)20-7-8-21-22(14-20)33-12-11-32-21/h3-10,14,19H,2,11-13,15-16H2,1H3,(H,27,31). The van der Waals surface area contributed by atoms with Gasteiger partial charge in [-0.3, -0.25) is 9.59 Å². The molecular weight excluding hydrogens is 420 g/mol. The number of anilines is 2. The Bertz CT molecular complexity index is 1170. The van der Waals surface area contributed by atoms with Crippen molar-refractivity contribution in [2.75, 3.05) is 30.0 Å². The molecule has 2 amide bonds. The van der Waals surface area contributed by atoms with Crippen LogP contribution in [0, 0.1) is 5.92 Å². The summed E-state index contributed by atoms with van der Waals surface area (Å²) < 4.78 is 12.9. The zero-order valence-electron chi connectivity index (χ0n) is 18.5. The summed E-state index contributed by atoms with van der Waals surface area (Å²) >= 11 is 0. The molecule has 1 fully saturated rings. The summed E-state index contributed by atoms with van der Waals surface area (Å²) in [5.74, 6) is 1.18. The first-order chi connectivity index (χ1) is 16.1. The maximum absolute atomic E-state index is 13.0.